The van der Waals surface area contributed by atoms with Crippen molar-refractivity contribution in [3.8, 4) is 0 Å². The van der Waals surface area contributed by atoms with E-state index in [2.05, 4.69) is 33.4 Å². The predicted molar refractivity (Wildman–Crippen MR) is 97.6 cm³/mol. The number of rotatable bonds is 5. The van der Waals surface area contributed by atoms with Crippen LogP contribution < -0.4 is 16.0 Å². The molecule has 2 aromatic rings. The second-order valence-electron chi connectivity index (χ2n) is 5.95. The normalized spacial score (nSPS) is 14.5. The number of para-hydroxylation sites is 1. The summed E-state index contributed by atoms with van der Waals surface area (Å²) < 4.78 is 0. The van der Waals surface area contributed by atoms with Gasteiger partial charge in [-0.2, -0.15) is 0 Å². The van der Waals surface area contributed by atoms with Crippen LogP contribution in [0.2, 0.25) is 5.02 Å². The Labute approximate surface area is 146 Å². The number of halogens is 1. The van der Waals surface area contributed by atoms with Gasteiger partial charge < -0.3 is 16.0 Å². The zero-order valence-corrected chi connectivity index (χ0v) is 14.2. The van der Waals surface area contributed by atoms with E-state index in [0.29, 0.717) is 22.9 Å². The Balaban J connectivity index is 1.74. The van der Waals surface area contributed by atoms with E-state index < -0.39 is 5.91 Å². The molecule has 3 rings (SSSR count). The van der Waals surface area contributed by atoms with Crippen molar-refractivity contribution < 1.29 is 4.79 Å². The van der Waals surface area contributed by atoms with Crippen LogP contribution in [0.15, 0.2) is 36.5 Å². The summed E-state index contributed by atoms with van der Waals surface area (Å²) in [7, 11) is 0. The fourth-order valence-corrected chi connectivity index (χ4v) is 3.22. The van der Waals surface area contributed by atoms with Crippen molar-refractivity contribution in [2.45, 2.75) is 25.8 Å². The van der Waals surface area contributed by atoms with Crippen molar-refractivity contribution in [1.82, 2.24) is 4.98 Å². The highest BCUT2D eigenvalue weighted by Crippen LogP contribution is 2.26. The summed E-state index contributed by atoms with van der Waals surface area (Å²) >= 11 is 6.18. The fourth-order valence-electron chi connectivity index (χ4n) is 2.99. The summed E-state index contributed by atoms with van der Waals surface area (Å²) in [6, 6.07) is 9.92. The Morgan fingerprint density at radius 1 is 1.25 bits per heavy atom. The summed E-state index contributed by atoms with van der Waals surface area (Å²) in [6.45, 7) is 2.82. The number of carbonyl (C=O) groups excluding carboxylic acids is 1. The first kappa shape index (κ1) is 16.6. The number of pyridine rings is 1. The van der Waals surface area contributed by atoms with Gasteiger partial charge >= 0.3 is 0 Å². The lowest BCUT2D eigenvalue weighted by molar-refractivity contribution is 0.1000. The van der Waals surface area contributed by atoms with Gasteiger partial charge in [-0.25, -0.2) is 4.98 Å². The van der Waals surface area contributed by atoms with Crippen LogP contribution in [-0.2, 0) is 6.54 Å². The highest BCUT2D eigenvalue weighted by Gasteiger charge is 2.14. The summed E-state index contributed by atoms with van der Waals surface area (Å²) in [5.41, 5.74) is 8.01. The van der Waals surface area contributed by atoms with Gasteiger partial charge in [0.15, 0.2) is 0 Å². The molecule has 1 aromatic heterocycles. The molecule has 1 aromatic carbocycles. The number of primary amides is 1. The van der Waals surface area contributed by atoms with E-state index in [9.17, 15) is 4.79 Å². The molecule has 6 heteroatoms. The third-order valence-corrected chi connectivity index (χ3v) is 4.55. The van der Waals surface area contributed by atoms with E-state index >= 15 is 0 Å². The molecule has 0 unspecified atom stereocenters. The average molecular weight is 345 g/mol. The number of benzene rings is 1. The predicted octanol–water partition coefficient (Wildman–Crippen LogP) is 3.44. The lowest BCUT2D eigenvalue weighted by atomic mass is 10.1. The molecule has 5 nitrogen and oxygen atoms in total. The third-order valence-electron chi connectivity index (χ3n) is 4.26. The quantitative estimate of drug-likeness (QED) is 0.871. The van der Waals surface area contributed by atoms with E-state index in [1.807, 2.05) is 6.07 Å². The minimum Gasteiger partial charge on any atom is -0.371 e. The van der Waals surface area contributed by atoms with E-state index in [0.717, 1.165) is 13.1 Å². The van der Waals surface area contributed by atoms with Crippen molar-refractivity contribution >= 4 is 29.0 Å². The van der Waals surface area contributed by atoms with Gasteiger partial charge in [-0.3, -0.25) is 4.79 Å². The summed E-state index contributed by atoms with van der Waals surface area (Å²) in [4.78, 5) is 17.8. The van der Waals surface area contributed by atoms with Gasteiger partial charge in [-0.15, -0.1) is 0 Å². The molecule has 0 aliphatic carbocycles. The van der Waals surface area contributed by atoms with Gasteiger partial charge in [-0.1, -0.05) is 29.8 Å². The van der Waals surface area contributed by atoms with Crippen LogP contribution in [0.3, 0.4) is 0 Å². The number of piperidine rings is 1. The Morgan fingerprint density at radius 2 is 2.00 bits per heavy atom. The monoisotopic (exact) mass is 344 g/mol. The van der Waals surface area contributed by atoms with Gasteiger partial charge in [0, 0.05) is 31.5 Å². The Kier molecular flexibility index (Phi) is 5.20. The minimum atomic E-state index is -0.536. The number of hydrogen-bond acceptors (Lipinski definition) is 4. The van der Waals surface area contributed by atoms with Crippen LogP contribution in [0.4, 0.5) is 11.5 Å². The van der Waals surface area contributed by atoms with Gasteiger partial charge in [0.25, 0.3) is 0 Å². The van der Waals surface area contributed by atoms with Crippen LogP contribution in [0.25, 0.3) is 0 Å². The van der Waals surface area contributed by atoms with E-state index in [1.165, 1.54) is 42.8 Å². The molecular weight excluding hydrogens is 324 g/mol. The van der Waals surface area contributed by atoms with Crippen LogP contribution in [-0.4, -0.2) is 24.0 Å². The number of nitrogens with one attached hydrogen (secondary N) is 1. The maximum Gasteiger partial charge on any atom is 0.250 e. The molecule has 1 aliphatic rings. The summed E-state index contributed by atoms with van der Waals surface area (Å²) in [6.07, 6.45) is 5.23. The van der Waals surface area contributed by atoms with Crippen molar-refractivity contribution in [1.29, 1.82) is 0 Å². The van der Waals surface area contributed by atoms with Crippen molar-refractivity contribution in [2.24, 2.45) is 5.73 Å². The highest BCUT2D eigenvalue weighted by molar-refractivity contribution is 6.33. The maximum absolute atomic E-state index is 11.2. The standard InChI is InChI=1S/C18H21ClN4O/c19-15-10-14(17(20)24)12-22-18(15)21-11-13-6-2-3-7-16(13)23-8-4-1-5-9-23/h2-3,6-7,10,12H,1,4-5,8-9,11H2,(H2,20,24)(H,21,22). The second kappa shape index (κ2) is 7.53. The first-order chi connectivity index (χ1) is 11.6. The molecule has 1 saturated heterocycles. The number of amides is 1. The molecule has 24 heavy (non-hydrogen) atoms. The molecule has 126 valence electrons. The SMILES string of the molecule is NC(=O)c1cnc(NCc2ccccc2N2CCCCC2)c(Cl)c1. The van der Waals surface area contributed by atoms with Crippen LogP contribution >= 0.6 is 11.6 Å². The van der Waals surface area contributed by atoms with Crippen molar-refractivity contribution in [3.63, 3.8) is 0 Å². The molecule has 0 atom stereocenters. The topological polar surface area (TPSA) is 71.2 Å². The molecule has 0 bridgehead atoms. The average Bonchev–Trinajstić information content (AvgIpc) is 2.61. The summed E-state index contributed by atoms with van der Waals surface area (Å²) in [5, 5.41) is 3.64. The van der Waals surface area contributed by atoms with E-state index in [-0.39, 0.29) is 0 Å². The van der Waals surface area contributed by atoms with Crippen LogP contribution in [0.5, 0.6) is 0 Å². The van der Waals surface area contributed by atoms with Crippen LogP contribution in [0.1, 0.15) is 35.2 Å². The fraction of sp³-hybridized carbons (Fsp3) is 0.333. The number of nitrogens with zero attached hydrogens (tertiary/aromatic N) is 2. The number of anilines is 2. The third kappa shape index (κ3) is 3.79. The molecule has 0 spiro atoms. The van der Waals surface area contributed by atoms with Crippen molar-refractivity contribution in [3.05, 3.63) is 52.7 Å². The first-order valence-electron chi connectivity index (χ1n) is 8.17. The second-order valence-corrected chi connectivity index (χ2v) is 6.36. The molecule has 2 heterocycles. The molecule has 1 fully saturated rings. The Morgan fingerprint density at radius 3 is 2.71 bits per heavy atom. The van der Waals surface area contributed by atoms with Gasteiger partial charge in [0.1, 0.15) is 5.82 Å². The van der Waals surface area contributed by atoms with Crippen molar-refractivity contribution in [2.75, 3.05) is 23.3 Å². The molecular formula is C18H21ClN4O. The molecule has 1 aliphatic heterocycles. The lowest BCUT2D eigenvalue weighted by Gasteiger charge is -2.30. The number of hydrogen-bond donors (Lipinski definition) is 2. The van der Waals surface area contributed by atoms with Gasteiger partial charge in [0.2, 0.25) is 5.91 Å². The van der Waals surface area contributed by atoms with Gasteiger partial charge in [-0.05, 0) is 37.0 Å². The van der Waals surface area contributed by atoms with Gasteiger partial charge in [0.05, 0.1) is 10.6 Å². The largest absolute Gasteiger partial charge is 0.371 e. The lowest BCUT2D eigenvalue weighted by Crippen LogP contribution is -2.30. The molecule has 3 N–H and O–H groups in total. The highest BCUT2D eigenvalue weighted by atomic mass is 35.5. The zero-order chi connectivity index (χ0) is 16.9. The maximum atomic E-state index is 11.2. The molecule has 1 amide bonds. The number of nitrogens with two attached hydrogens (primary N) is 1. The van der Waals surface area contributed by atoms with Crippen LogP contribution in [0, 0.1) is 0 Å². The Bertz CT molecular complexity index is 729. The zero-order valence-electron chi connectivity index (χ0n) is 13.5. The minimum absolute atomic E-state index is 0.305. The number of aromatic nitrogens is 1. The number of carbonyl (C=O) groups is 1. The Hall–Kier alpha value is -2.27. The molecule has 0 saturated carbocycles. The van der Waals surface area contributed by atoms with E-state index in [1.54, 1.807) is 0 Å². The first-order valence-corrected chi connectivity index (χ1v) is 8.55. The molecule has 0 radical (unpaired) electrons. The smallest absolute Gasteiger partial charge is 0.250 e. The van der Waals surface area contributed by atoms with E-state index in [4.69, 9.17) is 17.3 Å². The summed E-state index contributed by atoms with van der Waals surface area (Å²) in [5.74, 6) is 0.0153.